The maximum atomic E-state index is 8.77. The Kier molecular flexibility index (Phi) is 2.83. The van der Waals surface area contributed by atoms with Crippen LogP contribution in [0.3, 0.4) is 0 Å². The number of ether oxygens (including phenoxy) is 1. The molecule has 0 aliphatic carbocycles. The number of benzene rings is 2. The van der Waals surface area contributed by atoms with Crippen LogP contribution >= 0.6 is 11.6 Å². The molecule has 0 bridgehead atoms. The minimum absolute atomic E-state index is 0.0263. The van der Waals surface area contributed by atoms with Crippen LogP contribution < -0.4 is 0 Å². The van der Waals surface area contributed by atoms with Crippen molar-refractivity contribution in [1.82, 2.24) is 4.90 Å². The van der Waals surface area contributed by atoms with E-state index in [9.17, 15) is 0 Å². The second-order valence-corrected chi connectivity index (χ2v) is 6.08. The fourth-order valence-electron chi connectivity index (χ4n) is 2.66. The third-order valence-electron chi connectivity index (χ3n) is 4.09. The predicted molar refractivity (Wildman–Crippen MR) is 101 cm³/mol. The van der Waals surface area contributed by atoms with E-state index < -0.39 is 44.3 Å². The number of halogens is 1. The van der Waals surface area contributed by atoms with E-state index in [-0.39, 0.29) is 11.5 Å². The molecule has 0 unspecified atom stereocenters. The lowest BCUT2D eigenvalue weighted by atomic mass is 9.88. The van der Waals surface area contributed by atoms with E-state index in [0.717, 1.165) is 5.56 Å². The fourth-order valence-corrected chi connectivity index (χ4v) is 2.79. The van der Waals surface area contributed by atoms with Gasteiger partial charge in [0.15, 0.2) is 0 Å². The third kappa shape index (κ3) is 3.83. The predicted octanol–water partition coefficient (Wildman–Crippen LogP) is 5.10. The molecule has 0 N–H and O–H groups in total. The summed E-state index contributed by atoms with van der Waals surface area (Å²) in [4.78, 5) is 0.0263. The molecule has 1 saturated heterocycles. The topological polar surface area (TPSA) is 12.5 Å². The first-order valence-electron chi connectivity index (χ1n) is 12.7. The zero-order chi connectivity index (χ0) is 25.8. The smallest absolute Gasteiger partial charge is 0.115 e. The first-order chi connectivity index (χ1) is 15.4. The summed E-state index contributed by atoms with van der Waals surface area (Å²) in [6.45, 7) is -5.11. The maximum absolute atomic E-state index is 8.77. The molecule has 2 aromatic rings. The molecule has 128 valence electrons. The van der Waals surface area contributed by atoms with Gasteiger partial charge in [0.1, 0.15) is 5.60 Å². The van der Waals surface area contributed by atoms with Gasteiger partial charge in [-0.1, -0.05) is 54.1 Å². The molecule has 2 aromatic carbocycles. The van der Waals surface area contributed by atoms with Gasteiger partial charge >= 0.3 is 0 Å². The van der Waals surface area contributed by atoms with Crippen molar-refractivity contribution >= 4 is 11.6 Å². The highest BCUT2D eigenvalue weighted by atomic mass is 35.5. The monoisotopic (exact) mass is 353 g/mol. The number of nitrogens with zero attached hydrogens (tertiary/aromatic N) is 1. The van der Waals surface area contributed by atoms with Gasteiger partial charge in [-0.2, -0.15) is 0 Å². The summed E-state index contributed by atoms with van der Waals surface area (Å²) in [7, 11) is 0. The van der Waals surface area contributed by atoms with Crippen LogP contribution in [0.15, 0.2) is 54.6 Å². The molecule has 1 aliphatic heterocycles. The summed E-state index contributed by atoms with van der Waals surface area (Å²) in [5.74, 6) is 0. The van der Waals surface area contributed by atoms with E-state index in [1.807, 2.05) is 30.3 Å². The Morgan fingerprint density at radius 1 is 1.25 bits per heavy atom. The van der Waals surface area contributed by atoms with Crippen molar-refractivity contribution < 1.29 is 18.4 Å². The Bertz CT molecular complexity index is 1010. The van der Waals surface area contributed by atoms with E-state index in [1.54, 1.807) is 31.2 Å². The van der Waals surface area contributed by atoms with Crippen molar-refractivity contribution in [1.29, 1.82) is 0 Å². The normalized spacial score (nSPS) is 36.9. The number of likely N-dealkylation sites (tertiary alicyclic amines) is 1. The Labute approximate surface area is 164 Å². The van der Waals surface area contributed by atoms with Crippen LogP contribution in [0.1, 0.15) is 50.9 Å². The van der Waals surface area contributed by atoms with Crippen LogP contribution in [-0.2, 0) is 10.3 Å². The van der Waals surface area contributed by atoms with Gasteiger partial charge in [-0.15, -0.1) is 0 Å². The van der Waals surface area contributed by atoms with Crippen molar-refractivity contribution in [2.75, 3.05) is 20.1 Å². The maximum Gasteiger partial charge on any atom is 0.115 e. The fraction of sp³-hybridized carbons (Fsp3) is 0.429. The molecule has 1 fully saturated rings. The molecule has 3 heteroatoms. The van der Waals surface area contributed by atoms with Gasteiger partial charge in [0, 0.05) is 31.4 Å². The molecule has 1 aliphatic rings. The van der Waals surface area contributed by atoms with Crippen molar-refractivity contribution in [2.24, 2.45) is 0 Å². The minimum Gasteiger partial charge on any atom is -0.366 e. The molecule has 1 heterocycles. The van der Waals surface area contributed by atoms with Gasteiger partial charge in [0.2, 0.25) is 0 Å². The van der Waals surface area contributed by atoms with Crippen LogP contribution in [0.2, 0.25) is 5.02 Å². The van der Waals surface area contributed by atoms with E-state index >= 15 is 0 Å². The zero-order valence-electron chi connectivity index (χ0n) is 23.3. The molecule has 3 rings (SSSR count). The molecule has 0 saturated carbocycles. The first kappa shape index (κ1) is 8.84. The summed E-state index contributed by atoms with van der Waals surface area (Å²) in [5.41, 5.74) is 0.357. The van der Waals surface area contributed by atoms with Crippen LogP contribution in [0.5, 0.6) is 0 Å². The average molecular weight is 354 g/mol. The van der Waals surface area contributed by atoms with E-state index in [2.05, 4.69) is 0 Å². The number of hydrogen-bond acceptors (Lipinski definition) is 2. The standard InChI is InChI=1S/C21H26ClNO/c1-21(17-7-4-3-5-8-17,18-10-12-19(22)13-11-18)24-16-14-20-9-6-15-23(20)2/h3-5,7-8,10-13,20H,6,9,14-16H2,1-2H3/t20-,21-/m1/s1/i2D3,6D2,9D2,15D2,20D. The Morgan fingerprint density at radius 2 is 1.96 bits per heavy atom. The second kappa shape index (κ2) is 7.69. The van der Waals surface area contributed by atoms with E-state index in [0.29, 0.717) is 10.6 Å². The molecule has 0 radical (unpaired) electrons. The highest BCUT2D eigenvalue weighted by molar-refractivity contribution is 6.30. The summed E-state index contributed by atoms with van der Waals surface area (Å²) in [6, 6.07) is 13.2. The first-order valence-corrected chi connectivity index (χ1v) is 8.07. The van der Waals surface area contributed by atoms with Gasteiger partial charge in [-0.25, -0.2) is 0 Å². The molecule has 0 aromatic heterocycles. The highest BCUT2D eigenvalue weighted by Crippen LogP contribution is 2.34. The molecule has 24 heavy (non-hydrogen) atoms. The van der Waals surface area contributed by atoms with E-state index in [1.165, 1.54) is 0 Å². The third-order valence-corrected chi connectivity index (χ3v) is 4.35. The summed E-state index contributed by atoms with van der Waals surface area (Å²) >= 11 is 6.02. The van der Waals surface area contributed by atoms with Crippen molar-refractivity contribution in [3.63, 3.8) is 0 Å². The molecular formula is C21H26ClNO. The van der Waals surface area contributed by atoms with Crippen LogP contribution in [0.25, 0.3) is 0 Å². The van der Waals surface area contributed by atoms with Crippen LogP contribution in [0.4, 0.5) is 0 Å². The lowest BCUT2D eigenvalue weighted by Gasteiger charge is -2.32. The van der Waals surface area contributed by atoms with Gasteiger partial charge in [-0.3, -0.25) is 0 Å². The summed E-state index contributed by atoms with van der Waals surface area (Å²) in [6.07, 6.45) is -7.03. The number of rotatable bonds is 6. The molecule has 0 spiro atoms. The molecule has 0 amide bonds. The zero-order valence-corrected chi connectivity index (χ0v) is 14.1. The van der Waals surface area contributed by atoms with Crippen LogP contribution in [-0.4, -0.2) is 31.0 Å². The number of hydrogen-bond donors (Lipinski definition) is 0. The van der Waals surface area contributed by atoms with Gasteiger partial charge in [-0.05, 0) is 62.8 Å². The average Bonchev–Trinajstić information content (AvgIpc) is 2.80. The van der Waals surface area contributed by atoms with Gasteiger partial charge in [0.05, 0.1) is 0 Å². The van der Waals surface area contributed by atoms with Crippen molar-refractivity contribution in [2.45, 2.75) is 37.7 Å². The van der Waals surface area contributed by atoms with Gasteiger partial charge < -0.3 is 9.64 Å². The van der Waals surface area contributed by atoms with Crippen LogP contribution in [0, 0.1) is 0 Å². The Balaban J connectivity index is 1.99. The Hall–Kier alpha value is -1.35. The second-order valence-electron chi connectivity index (χ2n) is 5.65. The lowest BCUT2D eigenvalue weighted by molar-refractivity contribution is -0.0117. The summed E-state index contributed by atoms with van der Waals surface area (Å²) < 4.78 is 87.1. The minimum atomic E-state index is -3.27. The molecular weight excluding hydrogens is 318 g/mol. The quantitative estimate of drug-likeness (QED) is 0.716. The Morgan fingerprint density at radius 3 is 2.67 bits per heavy atom. The largest absolute Gasteiger partial charge is 0.366 e. The van der Waals surface area contributed by atoms with Crippen molar-refractivity contribution in [3.8, 4) is 0 Å². The molecule has 2 nitrogen and oxygen atoms in total. The van der Waals surface area contributed by atoms with Crippen molar-refractivity contribution in [3.05, 3.63) is 70.7 Å². The molecule has 2 atom stereocenters. The lowest BCUT2D eigenvalue weighted by Crippen LogP contribution is -2.31. The van der Waals surface area contributed by atoms with E-state index in [4.69, 9.17) is 30.0 Å². The SMILES string of the molecule is [2H]C([2H])([2H])N1C([2H])([2H])C([2H])([2H])C([2H])([2H])[C@]1([2H])CCO[C@](C)(c1ccccc1)c1ccc(Cl)cc1. The highest BCUT2D eigenvalue weighted by Gasteiger charge is 2.30. The summed E-state index contributed by atoms with van der Waals surface area (Å²) in [5, 5.41) is 0.515. The van der Waals surface area contributed by atoms with Gasteiger partial charge in [0.25, 0.3) is 0 Å².